The highest BCUT2D eigenvalue weighted by Gasteiger charge is 2.12. The second-order valence-corrected chi connectivity index (χ2v) is 7.31. The largest absolute Gasteiger partial charge is 0.407 e. The van der Waals surface area contributed by atoms with E-state index in [-0.39, 0.29) is 5.75 Å². The maximum atomic E-state index is 11.1. The lowest BCUT2D eigenvalue weighted by Crippen LogP contribution is -2.25. The van der Waals surface area contributed by atoms with Crippen molar-refractivity contribution in [2.45, 2.75) is 20.4 Å². The van der Waals surface area contributed by atoms with Crippen molar-refractivity contribution in [1.29, 1.82) is 0 Å². The van der Waals surface area contributed by atoms with Crippen molar-refractivity contribution >= 4 is 15.9 Å². The summed E-state index contributed by atoms with van der Waals surface area (Å²) in [4.78, 5) is 1.64. The minimum Gasteiger partial charge on any atom is -0.407 e. The van der Waals surface area contributed by atoms with Crippen LogP contribution < -0.4 is 10.2 Å². The fourth-order valence-electron chi connectivity index (χ4n) is 1.34. The van der Waals surface area contributed by atoms with Crippen LogP contribution >= 0.6 is 0 Å². The zero-order valence-electron chi connectivity index (χ0n) is 11.9. The fourth-order valence-corrected chi connectivity index (χ4v) is 1.94. The minimum atomic E-state index is -2.99. The number of hydrogen-bond donors (Lipinski definition) is 1. The number of nitrogens with zero attached hydrogens (tertiary/aromatic N) is 3. The summed E-state index contributed by atoms with van der Waals surface area (Å²) in [6.07, 6.45) is 1.20. The van der Waals surface area contributed by atoms with Gasteiger partial charge in [0.2, 0.25) is 5.89 Å². The van der Waals surface area contributed by atoms with Crippen LogP contribution in [0.1, 0.15) is 19.7 Å². The highest BCUT2D eigenvalue weighted by molar-refractivity contribution is 7.90. The van der Waals surface area contributed by atoms with Crippen molar-refractivity contribution in [1.82, 2.24) is 15.5 Å². The van der Waals surface area contributed by atoms with Crippen LogP contribution in [-0.4, -0.2) is 50.8 Å². The molecule has 0 unspecified atom stereocenters. The van der Waals surface area contributed by atoms with Crippen molar-refractivity contribution in [2.75, 3.05) is 37.0 Å². The molecule has 0 aliphatic carbocycles. The molecular formula is C11H22N4O3S. The van der Waals surface area contributed by atoms with Crippen molar-refractivity contribution in [3.8, 4) is 0 Å². The molecule has 1 aromatic heterocycles. The van der Waals surface area contributed by atoms with Crippen LogP contribution in [0.3, 0.4) is 0 Å². The molecule has 1 rings (SSSR count). The summed E-state index contributed by atoms with van der Waals surface area (Å²) < 4.78 is 27.6. The molecular weight excluding hydrogens is 268 g/mol. The van der Waals surface area contributed by atoms with Gasteiger partial charge >= 0.3 is 6.01 Å². The van der Waals surface area contributed by atoms with Crippen molar-refractivity contribution < 1.29 is 12.8 Å². The zero-order chi connectivity index (χ0) is 14.5. The Morgan fingerprint density at radius 3 is 2.63 bits per heavy atom. The summed E-state index contributed by atoms with van der Waals surface area (Å²) in [6, 6.07) is 0.338. The van der Waals surface area contributed by atoms with Crippen LogP contribution in [0.5, 0.6) is 0 Å². The Hall–Kier alpha value is -1.15. The maximum Gasteiger partial charge on any atom is 0.317 e. The lowest BCUT2D eigenvalue weighted by Gasteiger charge is -2.12. The highest BCUT2D eigenvalue weighted by atomic mass is 32.2. The topological polar surface area (TPSA) is 88.3 Å². The van der Waals surface area contributed by atoms with E-state index in [4.69, 9.17) is 4.42 Å². The quantitative estimate of drug-likeness (QED) is 0.736. The van der Waals surface area contributed by atoms with Crippen LogP contribution in [0.15, 0.2) is 4.42 Å². The second kappa shape index (κ2) is 6.85. The maximum absolute atomic E-state index is 11.1. The molecule has 110 valence electrons. The molecule has 0 saturated carbocycles. The van der Waals surface area contributed by atoms with E-state index in [0.717, 1.165) is 6.54 Å². The molecule has 0 bridgehead atoms. The van der Waals surface area contributed by atoms with E-state index in [9.17, 15) is 8.42 Å². The first-order chi connectivity index (χ1) is 8.78. The number of rotatable bonds is 8. The van der Waals surface area contributed by atoms with Gasteiger partial charge in [-0.1, -0.05) is 18.9 Å². The van der Waals surface area contributed by atoms with E-state index < -0.39 is 9.84 Å². The number of sulfone groups is 1. The van der Waals surface area contributed by atoms with E-state index in [2.05, 4.69) is 29.4 Å². The first-order valence-corrected chi connectivity index (χ1v) is 8.26. The lowest BCUT2D eigenvalue weighted by molar-refractivity contribution is 0.451. The smallest absolute Gasteiger partial charge is 0.317 e. The molecule has 0 amide bonds. The van der Waals surface area contributed by atoms with Gasteiger partial charge in [0.1, 0.15) is 9.84 Å². The van der Waals surface area contributed by atoms with Gasteiger partial charge in [0.25, 0.3) is 0 Å². The number of aromatic nitrogens is 2. The Balaban J connectivity index is 2.45. The van der Waals surface area contributed by atoms with Crippen LogP contribution in [0, 0.1) is 5.92 Å². The van der Waals surface area contributed by atoms with E-state index >= 15 is 0 Å². The predicted molar refractivity (Wildman–Crippen MR) is 73.8 cm³/mol. The molecule has 0 spiro atoms. The average Bonchev–Trinajstić information content (AvgIpc) is 2.73. The van der Waals surface area contributed by atoms with Gasteiger partial charge in [-0.15, -0.1) is 5.10 Å². The zero-order valence-corrected chi connectivity index (χ0v) is 12.7. The van der Waals surface area contributed by atoms with Gasteiger partial charge in [-0.25, -0.2) is 8.42 Å². The van der Waals surface area contributed by atoms with Gasteiger partial charge in [0.15, 0.2) is 0 Å². The van der Waals surface area contributed by atoms with Crippen molar-refractivity contribution in [2.24, 2.45) is 5.92 Å². The Bertz CT molecular complexity index is 484. The molecule has 0 aromatic carbocycles. The predicted octanol–water partition coefficient (Wildman–Crippen LogP) is 0.296. The molecule has 19 heavy (non-hydrogen) atoms. The van der Waals surface area contributed by atoms with Gasteiger partial charge in [0, 0.05) is 19.8 Å². The number of nitrogens with one attached hydrogen (secondary N) is 1. The standard InChI is InChI=1S/C11H22N4O3S/c1-9(2)7-12-8-10-13-14-11(18-10)15(3)5-6-19(4,16)17/h9,12H,5-8H2,1-4H3. The molecule has 1 aromatic rings. The Kier molecular flexibility index (Phi) is 5.74. The third-order valence-electron chi connectivity index (χ3n) is 2.41. The number of hydrogen-bond acceptors (Lipinski definition) is 7. The monoisotopic (exact) mass is 290 g/mol. The third kappa shape index (κ3) is 6.53. The Morgan fingerprint density at radius 2 is 2.05 bits per heavy atom. The van der Waals surface area contributed by atoms with Crippen molar-refractivity contribution in [3.05, 3.63) is 5.89 Å². The summed E-state index contributed by atoms with van der Waals surface area (Å²) in [5.74, 6) is 1.12. The summed E-state index contributed by atoms with van der Waals surface area (Å²) in [7, 11) is -1.26. The average molecular weight is 290 g/mol. The minimum absolute atomic E-state index is 0.0623. The highest BCUT2D eigenvalue weighted by Crippen LogP contribution is 2.10. The van der Waals surface area contributed by atoms with Gasteiger partial charge in [0.05, 0.1) is 12.3 Å². The first-order valence-electron chi connectivity index (χ1n) is 6.20. The summed E-state index contributed by atoms with van der Waals surface area (Å²) in [6.45, 7) is 5.96. The molecule has 8 heteroatoms. The van der Waals surface area contributed by atoms with E-state index in [1.54, 1.807) is 11.9 Å². The third-order valence-corrected chi connectivity index (χ3v) is 3.33. The van der Waals surface area contributed by atoms with Crippen LogP contribution in [0.25, 0.3) is 0 Å². The Morgan fingerprint density at radius 1 is 1.37 bits per heavy atom. The molecule has 1 N–H and O–H groups in total. The molecule has 7 nitrogen and oxygen atoms in total. The summed E-state index contributed by atoms with van der Waals surface area (Å²) in [5, 5.41) is 11.0. The van der Waals surface area contributed by atoms with Gasteiger partial charge in [-0.05, 0) is 12.5 Å². The SMILES string of the molecule is CC(C)CNCc1nnc(N(C)CCS(C)(=O)=O)o1. The molecule has 0 atom stereocenters. The van der Waals surface area contributed by atoms with Crippen LogP contribution in [0.4, 0.5) is 6.01 Å². The fraction of sp³-hybridized carbons (Fsp3) is 0.818. The molecule has 0 aliphatic rings. The second-order valence-electron chi connectivity index (χ2n) is 5.05. The van der Waals surface area contributed by atoms with Crippen LogP contribution in [0.2, 0.25) is 0 Å². The van der Waals surface area contributed by atoms with Gasteiger partial charge in [-0.3, -0.25) is 0 Å². The molecule has 1 heterocycles. The molecule has 0 fully saturated rings. The summed E-state index contributed by atoms with van der Waals surface area (Å²) in [5.41, 5.74) is 0. The van der Waals surface area contributed by atoms with Gasteiger partial charge in [-0.2, -0.15) is 0 Å². The lowest BCUT2D eigenvalue weighted by atomic mass is 10.2. The van der Waals surface area contributed by atoms with E-state index in [1.165, 1.54) is 6.26 Å². The van der Waals surface area contributed by atoms with E-state index in [0.29, 0.717) is 30.9 Å². The number of anilines is 1. The first kappa shape index (κ1) is 15.9. The van der Waals surface area contributed by atoms with Crippen molar-refractivity contribution in [3.63, 3.8) is 0 Å². The Labute approximate surface area is 114 Å². The molecule has 0 aliphatic heterocycles. The molecule has 0 radical (unpaired) electrons. The molecule has 0 saturated heterocycles. The normalized spacial score (nSPS) is 12.1. The van der Waals surface area contributed by atoms with E-state index in [1.807, 2.05) is 0 Å². The van der Waals surface area contributed by atoms with Crippen LogP contribution in [-0.2, 0) is 16.4 Å². The van der Waals surface area contributed by atoms with Gasteiger partial charge < -0.3 is 14.6 Å². The summed E-state index contributed by atoms with van der Waals surface area (Å²) >= 11 is 0.